The number of hydrogen-bond acceptors (Lipinski definition) is 4. The zero-order chi connectivity index (χ0) is 19.5. The average molecular weight is 369 g/mol. The first-order chi connectivity index (χ1) is 12.7. The molecule has 0 N–H and O–H groups in total. The van der Waals surface area contributed by atoms with Crippen molar-refractivity contribution in [3.05, 3.63) is 46.3 Å². The van der Waals surface area contributed by atoms with Crippen molar-refractivity contribution in [3.8, 4) is 0 Å². The van der Waals surface area contributed by atoms with Gasteiger partial charge >= 0.3 is 0 Å². The van der Waals surface area contributed by atoms with Gasteiger partial charge in [-0.3, -0.25) is 9.59 Å². The van der Waals surface area contributed by atoms with E-state index in [1.54, 1.807) is 18.9 Å². The van der Waals surface area contributed by atoms with Gasteiger partial charge in [-0.2, -0.15) is 0 Å². The van der Waals surface area contributed by atoms with Gasteiger partial charge < -0.3 is 13.7 Å². The van der Waals surface area contributed by atoms with Gasteiger partial charge in [0.1, 0.15) is 17.3 Å². The average Bonchev–Trinajstić information content (AvgIpc) is 2.98. The van der Waals surface area contributed by atoms with E-state index in [-0.39, 0.29) is 22.9 Å². The van der Waals surface area contributed by atoms with E-state index in [2.05, 4.69) is 20.8 Å². The largest absolute Gasteiger partial charge is 0.464 e. The Bertz CT molecular complexity index is 917. The number of ketones is 1. The highest BCUT2D eigenvalue weighted by atomic mass is 16.4. The number of hydrogen-bond donors (Lipinski definition) is 0. The number of carbonyl (C=O) groups is 2. The lowest BCUT2D eigenvalue weighted by atomic mass is 9.76. The van der Waals surface area contributed by atoms with Crippen LogP contribution in [-0.4, -0.2) is 23.6 Å². The molecule has 0 saturated heterocycles. The number of Topliss-reactive ketones (excluding diaryl/α,β-unsaturated/α-hetero) is 1. The van der Waals surface area contributed by atoms with Crippen LogP contribution >= 0.6 is 0 Å². The molecule has 2 atom stereocenters. The molecule has 2 aromatic heterocycles. The first-order valence-corrected chi connectivity index (χ1v) is 9.66. The van der Waals surface area contributed by atoms with Gasteiger partial charge in [0.05, 0.1) is 12.1 Å². The Hall–Kier alpha value is -2.30. The van der Waals surface area contributed by atoms with Crippen LogP contribution in [0.5, 0.6) is 0 Å². The molecule has 2 aliphatic rings. The first kappa shape index (κ1) is 18.1. The fraction of sp³-hybridized carbons (Fsp3) is 0.545. The van der Waals surface area contributed by atoms with Crippen LogP contribution < -0.4 is 0 Å². The summed E-state index contributed by atoms with van der Waals surface area (Å²) in [7, 11) is 1.73. The molecule has 27 heavy (non-hydrogen) atoms. The van der Waals surface area contributed by atoms with Crippen LogP contribution in [-0.2, 0) is 13.0 Å². The van der Waals surface area contributed by atoms with E-state index < -0.39 is 0 Å². The van der Waals surface area contributed by atoms with Crippen LogP contribution in [0.2, 0.25) is 0 Å². The van der Waals surface area contributed by atoms with Gasteiger partial charge in [0.25, 0.3) is 5.91 Å². The second kappa shape index (κ2) is 6.11. The van der Waals surface area contributed by atoms with Crippen molar-refractivity contribution in [2.75, 3.05) is 7.05 Å². The molecule has 0 spiro atoms. The number of rotatable bonds is 4. The predicted molar refractivity (Wildman–Crippen MR) is 101 cm³/mol. The van der Waals surface area contributed by atoms with Gasteiger partial charge in [0.2, 0.25) is 0 Å². The van der Waals surface area contributed by atoms with Gasteiger partial charge in [-0.1, -0.05) is 20.8 Å². The normalized spacial score (nSPS) is 23.2. The van der Waals surface area contributed by atoms with Crippen molar-refractivity contribution < 1.29 is 18.4 Å². The molecule has 5 heteroatoms. The molecule has 0 bridgehead atoms. The highest BCUT2D eigenvalue weighted by molar-refractivity contribution is 6.03. The molecule has 2 unspecified atom stereocenters. The highest BCUT2D eigenvalue weighted by Gasteiger charge is 2.38. The maximum absolute atomic E-state index is 12.9. The van der Waals surface area contributed by atoms with Crippen molar-refractivity contribution in [3.63, 3.8) is 0 Å². The third kappa shape index (κ3) is 3.24. The molecule has 1 amide bonds. The van der Waals surface area contributed by atoms with Crippen LogP contribution in [0.15, 0.2) is 21.0 Å². The van der Waals surface area contributed by atoms with E-state index in [4.69, 9.17) is 8.83 Å². The minimum absolute atomic E-state index is 0.0680. The summed E-state index contributed by atoms with van der Waals surface area (Å²) in [6.07, 6.45) is 2.33. The molecule has 144 valence electrons. The zero-order valence-electron chi connectivity index (χ0n) is 16.7. The Morgan fingerprint density at radius 1 is 1.26 bits per heavy atom. The molecule has 2 heterocycles. The van der Waals surface area contributed by atoms with Gasteiger partial charge in [0, 0.05) is 31.4 Å². The maximum Gasteiger partial charge on any atom is 0.290 e. The SMILES string of the molecule is Cc1c(C(=O)N(C)Cc2ccc(C3CC3C)o2)oc2c1C(=O)CC(C)(C)C2. The van der Waals surface area contributed by atoms with Gasteiger partial charge in [-0.05, 0) is 36.8 Å². The summed E-state index contributed by atoms with van der Waals surface area (Å²) in [5.74, 6) is 3.76. The second-order valence-corrected chi connectivity index (χ2v) is 9.08. The van der Waals surface area contributed by atoms with Crippen molar-refractivity contribution in [1.29, 1.82) is 0 Å². The van der Waals surface area contributed by atoms with Crippen molar-refractivity contribution in [2.45, 2.75) is 59.4 Å². The Labute approximate surface area is 159 Å². The van der Waals surface area contributed by atoms with Gasteiger partial charge in [-0.15, -0.1) is 0 Å². The van der Waals surface area contributed by atoms with Crippen molar-refractivity contribution in [1.82, 2.24) is 4.90 Å². The van der Waals surface area contributed by atoms with Gasteiger partial charge in [-0.25, -0.2) is 0 Å². The summed E-state index contributed by atoms with van der Waals surface area (Å²) in [5, 5.41) is 0. The third-order valence-corrected chi connectivity index (χ3v) is 5.87. The topological polar surface area (TPSA) is 63.7 Å². The maximum atomic E-state index is 12.9. The lowest BCUT2D eigenvalue weighted by Crippen LogP contribution is -2.26. The molecule has 2 aliphatic carbocycles. The molecule has 0 aliphatic heterocycles. The van der Waals surface area contributed by atoms with Gasteiger partial charge in [0.15, 0.2) is 11.5 Å². The minimum Gasteiger partial charge on any atom is -0.464 e. The second-order valence-electron chi connectivity index (χ2n) is 9.08. The summed E-state index contributed by atoms with van der Waals surface area (Å²) >= 11 is 0. The highest BCUT2D eigenvalue weighted by Crippen LogP contribution is 2.47. The first-order valence-electron chi connectivity index (χ1n) is 9.66. The molecular formula is C22H27NO4. The molecule has 2 aromatic rings. The quantitative estimate of drug-likeness (QED) is 0.781. The summed E-state index contributed by atoms with van der Waals surface area (Å²) in [5.41, 5.74) is 1.13. The van der Waals surface area contributed by atoms with Crippen LogP contribution in [0.1, 0.15) is 83.3 Å². The molecule has 0 radical (unpaired) electrons. The van der Waals surface area contributed by atoms with E-state index in [0.29, 0.717) is 48.1 Å². The predicted octanol–water partition coefficient (Wildman–Crippen LogP) is 4.73. The Balaban J connectivity index is 1.52. The van der Waals surface area contributed by atoms with Crippen molar-refractivity contribution in [2.24, 2.45) is 11.3 Å². The Morgan fingerprint density at radius 2 is 1.96 bits per heavy atom. The molecule has 1 fully saturated rings. The number of fused-ring (bicyclic) bond motifs is 1. The monoisotopic (exact) mass is 369 g/mol. The fourth-order valence-corrected chi connectivity index (χ4v) is 4.16. The number of furan rings is 2. The van der Waals surface area contributed by atoms with E-state index in [0.717, 1.165) is 11.5 Å². The Kier molecular flexibility index (Phi) is 4.09. The smallest absolute Gasteiger partial charge is 0.290 e. The standard InChI is InChI=1S/C22H27NO4/c1-12-8-15(12)17-7-6-14(26-17)11-23(5)21(25)20-13(2)19-16(24)9-22(3,4)10-18(19)27-20/h6-7,12,15H,8-11H2,1-5H3. The third-order valence-electron chi connectivity index (χ3n) is 5.87. The molecular weight excluding hydrogens is 342 g/mol. The minimum atomic E-state index is -0.217. The van der Waals surface area contributed by atoms with Crippen molar-refractivity contribution >= 4 is 11.7 Å². The summed E-state index contributed by atoms with van der Waals surface area (Å²) in [6, 6.07) is 3.95. The molecule has 1 saturated carbocycles. The Morgan fingerprint density at radius 3 is 2.63 bits per heavy atom. The zero-order valence-corrected chi connectivity index (χ0v) is 16.7. The van der Waals surface area contributed by atoms with Crippen LogP contribution in [0, 0.1) is 18.3 Å². The molecule has 0 aromatic carbocycles. The lowest BCUT2D eigenvalue weighted by Gasteiger charge is -2.27. The van der Waals surface area contributed by atoms with E-state index in [1.807, 2.05) is 12.1 Å². The lowest BCUT2D eigenvalue weighted by molar-refractivity contribution is 0.0736. The molecule has 5 nitrogen and oxygen atoms in total. The van der Waals surface area contributed by atoms with Crippen LogP contribution in [0.4, 0.5) is 0 Å². The van der Waals surface area contributed by atoms with E-state index in [1.165, 1.54) is 6.42 Å². The summed E-state index contributed by atoms with van der Waals surface area (Å²) in [6.45, 7) is 8.50. The van der Waals surface area contributed by atoms with Crippen LogP contribution in [0.25, 0.3) is 0 Å². The molecule has 4 rings (SSSR count). The van der Waals surface area contributed by atoms with E-state index in [9.17, 15) is 9.59 Å². The fourth-order valence-electron chi connectivity index (χ4n) is 4.16. The number of nitrogens with zero attached hydrogens (tertiary/aromatic N) is 1. The number of carbonyl (C=O) groups excluding carboxylic acids is 2. The summed E-state index contributed by atoms with van der Waals surface area (Å²) < 4.78 is 11.8. The number of amides is 1. The summed E-state index contributed by atoms with van der Waals surface area (Å²) in [4.78, 5) is 27.0. The van der Waals surface area contributed by atoms with E-state index >= 15 is 0 Å². The van der Waals surface area contributed by atoms with Crippen LogP contribution in [0.3, 0.4) is 0 Å².